The molecule has 0 bridgehead atoms. The Morgan fingerprint density at radius 2 is 1.47 bits per heavy atom. The third kappa shape index (κ3) is 9.13. The maximum absolute atomic E-state index is 14.7. The summed E-state index contributed by atoms with van der Waals surface area (Å²) in [5, 5.41) is 0. The van der Waals surface area contributed by atoms with E-state index in [9.17, 15) is 36.9 Å². The molecule has 12 nitrogen and oxygen atoms in total. The second-order valence-corrected chi connectivity index (χ2v) is 11.5. The van der Waals surface area contributed by atoms with Crippen LogP contribution in [0.25, 0.3) is 0 Å². The summed E-state index contributed by atoms with van der Waals surface area (Å²) in [5.74, 6) is -6.99. The summed E-state index contributed by atoms with van der Waals surface area (Å²) in [7, 11) is -4.21. The van der Waals surface area contributed by atoms with Crippen molar-refractivity contribution in [1.82, 2.24) is 0 Å². The number of hydrogen-bond donors (Lipinski definition) is 0. The average molecular weight is 663 g/mol. The van der Waals surface area contributed by atoms with Crippen LogP contribution in [0.5, 0.6) is 0 Å². The summed E-state index contributed by atoms with van der Waals surface area (Å²) >= 11 is 0. The van der Waals surface area contributed by atoms with E-state index in [0.717, 1.165) is 51.1 Å². The van der Waals surface area contributed by atoms with Gasteiger partial charge in [-0.1, -0.05) is 42.5 Å². The topological polar surface area (TPSA) is 150 Å². The van der Waals surface area contributed by atoms with Crippen molar-refractivity contribution in [2.45, 2.75) is 63.1 Å². The van der Waals surface area contributed by atoms with E-state index in [4.69, 9.17) is 32.7 Å². The van der Waals surface area contributed by atoms with Gasteiger partial charge in [-0.3, -0.25) is 18.9 Å². The summed E-state index contributed by atoms with van der Waals surface area (Å²) in [6.45, 7) is 8.99. The van der Waals surface area contributed by atoms with Crippen molar-refractivity contribution >= 4 is 31.5 Å². The third-order valence-electron chi connectivity index (χ3n) is 6.17. The molecule has 1 aliphatic carbocycles. The lowest BCUT2D eigenvalue weighted by molar-refractivity contribution is -0.277. The molecule has 2 rings (SSSR count). The normalized spacial score (nSPS) is 20.4. The van der Waals surface area contributed by atoms with Crippen LogP contribution in [0.4, 0.5) is 13.2 Å². The van der Waals surface area contributed by atoms with Crippen molar-refractivity contribution in [3.63, 3.8) is 0 Å². The Labute approximate surface area is 257 Å². The predicted octanol–water partition coefficient (Wildman–Crippen LogP) is 4.68. The van der Waals surface area contributed by atoms with Gasteiger partial charge in [0.15, 0.2) is 12.2 Å². The Hall–Kier alpha value is -3.78. The van der Waals surface area contributed by atoms with E-state index < -0.39 is 92.6 Å². The highest BCUT2D eigenvalue weighted by molar-refractivity contribution is 7.54. The van der Waals surface area contributed by atoms with Gasteiger partial charge in [0.05, 0.1) is 13.2 Å². The number of carbonyl (C=O) groups excluding carboxylic acids is 4. The quantitative estimate of drug-likeness (QED) is 0.111. The van der Waals surface area contributed by atoms with Crippen LogP contribution in [0.1, 0.15) is 32.8 Å². The van der Waals surface area contributed by atoms with Crippen molar-refractivity contribution in [3.05, 3.63) is 72.9 Å². The number of halogens is 3. The first kappa shape index (κ1) is 37.4. The smallest absolute Gasteiger partial charge is 0.432 e. The molecule has 0 saturated heterocycles. The minimum absolute atomic E-state index is 0.319. The zero-order valence-electron chi connectivity index (χ0n) is 24.9. The van der Waals surface area contributed by atoms with Gasteiger partial charge in [0.1, 0.15) is 6.10 Å². The van der Waals surface area contributed by atoms with Crippen LogP contribution in [-0.2, 0) is 62.1 Å². The summed E-state index contributed by atoms with van der Waals surface area (Å²) in [6, 6.07) is 5.83. The maximum atomic E-state index is 14.7. The zero-order chi connectivity index (χ0) is 34.0. The van der Waals surface area contributed by atoms with Crippen LogP contribution in [0.3, 0.4) is 0 Å². The van der Waals surface area contributed by atoms with Crippen LogP contribution in [-0.4, -0.2) is 74.5 Å². The maximum Gasteiger partial charge on any atom is 0.432 e. The number of benzene rings is 1. The van der Waals surface area contributed by atoms with Crippen LogP contribution >= 0.6 is 7.60 Å². The fraction of sp³-hybridized carbons (Fsp3) is 0.448. The van der Waals surface area contributed by atoms with E-state index in [-0.39, 0.29) is 5.57 Å². The lowest BCUT2D eigenvalue weighted by Gasteiger charge is -2.39. The molecule has 0 amide bonds. The first-order valence-electron chi connectivity index (χ1n) is 13.3. The van der Waals surface area contributed by atoms with Crippen molar-refractivity contribution in [2.24, 2.45) is 0 Å². The Morgan fingerprint density at radius 3 is 1.91 bits per heavy atom. The van der Waals surface area contributed by atoms with Crippen LogP contribution < -0.4 is 0 Å². The van der Waals surface area contributed by atoms with E-state index in [1.807, 2.05) is 0 Å². The van der Waals surface area contributed by atoms with Crippen molar-refractivity contribution in [2.75, 3.05) is 20.3 Å². The van der Waals surface area contributed by atoms with Crippen LogP contribution in [0, 0.1) is 0 Å². The van der Waals surface area contributed by atoms with Crippen molar-refractivity contribution in [1.29, 1.82) is 0 Å². The molecule has 0 fully saturated rings. The van der Waals surface area contributed by atoms with Crippen LogP contribution in [0.2, 0.25) is 0 Å². The first-order chi connectivity index (χ1) is 21.1. The number of carbonyl (C=O) groups is 4. The van der Waals surface area contributed by atoms with E-state index in [1.165, 1.54) is 18.2 Å². The van der Waals surface area contributed by atoms with Gasteiger partial charge in [0.2, 0.25) is 5.85 Å². The van der Waals surface area contributed by atoms with E-state index >= 15 is 0 Å². The molecule has 0 heterocycles. The SMILES string of the molecule is C=CCOP(=O)(OCC=C)[C@H](OC(=O)[C@@](OC)(c1ccccc1)C(F)(F)F)C1=C[C@@H](OC(C)=O)[C@H](OC(C)=O)[C@H](OC(C)=O)C1. The molecule has 0 N–H and O–H groups in total. The molecule has 5 atom stereocenters. The summed E-state index contributed by atoms with van der Waals surface area (Å²) in [5.41, 5.74) is -4.71. The minimum Gasteiger partial charge on any atom is -0.458 e. The molecule has 45 heavy (non-hydrogen) atoms. The number of methoxy groups -OCH3 is 1. The molecule has 248 valence electrons. The largest absolute Gasteiger partial charge is 0.458 e. The van der Waals surface area contributed by atoms with Gasteiger partial charge in [0.25, 0.3) is 5.60 Å². The van der Waals surface area contributed by atoms with Gasteiger partial charge in [-0.25, -0.2) is 4.79 Å². The fourth-order valence-electron chi connectivity index (χ4n) is 4.47. The number of hydrogen-bond acceptors (Lipinski definition) is 12. The molecular weight excluding hydrogens is 628 g/mol. The summed E-state index contributed by atoms with van der Waals surface area (Å²) in [6.07, 6.45) is -7.10. The second kappa shape index (κ2) is 16.0. The minimum atomic E-state index is -5.42. The van der Waals surface area contributed by atoms with Gasteiger partial charge in [0, 0.05) is 39.9 Å². The van der Waals surface area contributed by atoms with Gasteiger partial charge in [-0.15, -0.1) is 13.2 Å². The average Bonchev–Trinajstić information content (AvgIpc) is 2.95. The van der Waals surface area contributed by atoms with Gasteiger partial charge in [-0.05, 0) is 11.6 Å². The summed E-state index contributed by atoms with van der Waals surface area (Å²) < 4.78 is 95.2. The number of alkyl halides is 3. The number of rotatable bonds is 15. The number of ether oxygens (including phenoxy) is 5. The van der Waals surface area contributed by atoms with Crippen LogP contribution in [0.15, 0.2) is 67.3 Å². The highest BCUT2D eigenvalue weighted by Gasteiger charge is 2.65. The molecule has 1 aromatic carbocycles. The molecular formula is C29H34F3O12P. The molecule has 0 radical (unpaired) electrons. The molecule has 16 heteroatoms. The fourth-order valence-corrected chi connectivity index (χ4v) is 6.26. The molecule has 0 aromatic heterocycles. The van der Waals surface area contributed by atoms with Crippen molar-refractivity contribution in [3.8, 4) is 0 Å². The highest BCUT2D eigenvalue weighted by atomic mass is 31.2. The highest BCUT2D eigenvalue weighted by Crippen LogP contribution is 2.58. The van der Waals surface area contributed by atoms with E-state index in [2.05, 4.69) is 13.2 Å². The lowest BCUT2D eigenvalue weighted by Crippen LogP contribution is -2.53. The van der Waals surface area contributed by atoms with E-state index in [0.29, 0.717) is 7.11 Å². The summed E-state index contributed by atoms with van der Waals surface area (Å²) in [4.78, 5) is 49.6. The monoisotopic (exact) mass is 662 g/mol. The van der Waals surface area contributed by atoms with Crippen molar-refractivity contribution < 1.29 is 69.6 Å². The van der Waals surface area contributed by atoms with Gasteiger partial charge < -0.3 is 32.7 Å². The Balaban J connectivity index is 2.86. The lowest BCUT2D eigenvalue weighted by atomic mass is 9.91. The first-order valence-corrected chi connectivity index (χ1v) is 14.9. The van der Waals surface area contributed by atoms with E-state index in [1.54, 1.807) is 0 Å². The zero-order valence-corrected chi connectivity index (χ0v) is 25.8. The Kier molecular flexibility index (Phi) is 13.3. The third-order valence-corrected chi connectivity index (χ3v) is 8.20. The molecule has 0 spiro atoms. The molecule has 0 saturated carbocycles. The standard InChI is InChI=1S/C29H34F3O12P/c1-7-14-39-45(37,40-15-8-2)26(44-27(36)28(38-6,29(30,31)32)22-12-10-9-11-13-22)21-16-23(41-18(3)33)25(43-20(5)35)24(17-21)42-19(4)34/h7-13,16,23-26H,1-2,14-15,17H2,3-6H3/t23-,24-,25+,26+,28+/m1/s1. The van der Waals surface area contributed by atoms with Gasteiger partial charge in [-0.2, -0.15) is 13.2 Å². The molecule has 0 aliphatic heterocycles. The van der Waals surface area contributed by atoms with Gasteiger partial charge >= 0.3 is 37.6 Å². The molecule has 1 aromatic rings. The Morgan fingerprint density at radius 1 is 0.933 bits per heavy atom. The second-order valence-electron chi connectivity index (χ2n) is 9.46. The molecule has 1 aliphatic rings. The molecule has 0 unspecified atom stereocenters. The predicted molar refractivity (Wildman–Crippen MR) is 150 cm³/mol. The number of esters is 4. The Bertz CT molecular complexity index is 1310.